The van der Waals surface area contributed by atoms with Crippen LogP contribution in [-0.4, -0.2) is 8.07 Å². The van der Waals surface area contributed by atoms with Gasteiger partial charge in [0.2, 0.25) is 0 Å². The third-order valence-corrected chi connectivity index (χ3v) is 4.53. The zero-order valence-corrected chi connectivity index (χ0v) is 10.4. The first-order valence-corrected chi connectivity index (χ1v) is 8.30. The minimum Gasteiger partial charge on any atom is -0.166 e. The van der Waals surface area contributed by atoms with E-state index in [0.29, 0.717) is 0 Å². The molecule has 0 radical (unpaired) electrons. The highest BCUT2D eigenvalue weighted by Crippen LogP contribution is 2.29. The van der Waals surface area contributed by atoms with Crippen LogP contribution in [0.2, 0.25) is 19.6 Å². The summed E-state index contributed by atoms with van der Waals surface area (Å²) in [6.45, 7) is 8.02. The predicted molar refractivity (Wildman–Crippen MR) is 59.2 cm³/mol. The van der Waals surface area contributed by atoms with Crippen molar-refractivity contribution < 1.29 is 13.2 Å². The molecule has 0 amide bonds. The van der Waals surface area contributed by atoms with Crippen molar-refractivity contribution in [1.29, 1.82) is 0 Å². The molecule has 0 aliphatic heterocycles. The van der Waals surface area contributed by atoms with E-state index in [-0.39, 0.29) is 0 Å². The SMILES string of the molecule is Cc1ccc(C(F)(F)F)cc1[Si](C)(C)C. The summed E-state index contributed by atoms with van der Waals surface area (Å²) < 4.78 is 37.5. The molecule has 1 rings (SSSR count). The topological polar surface area (TPSA) is 0 Å². The van der Waals surface area contributed by atoms with Crippen molar-refractivity contribution in [3.8, 4) is 0 Å². The Morgan fingerprint density at radius 2 is 1.60 bits per heavy atom. The van der Waals surface area contributed by atoms with E-state index < -0.39 is 19.8 Å². The van der Waals surface area contributed by atoms with E-state index >= 15 is 0 Å². The molecule has 0 aliphatic carbocycles. The van der Waals surface area contributed by atoms with Gasteiger partial charge in [-0.25, -0.2) is 0 Å². The van der Waals surface area contributed by atoms with Crippen LogP contribution in [0.5, 0.6) is 0 Å². The second-order valence-electron chi connectivity index (χ2n) is 4.78. The molecule has 0 saturated heterocycles. The van der Waals surface area contributed by atoms with E-state index in [1.807, 2.05) is 6.92 Å². The standard InChI is InChI=1S/C11H15F3Si/c1-8-5-6-9(11(12,13)14)7-10(8)15(2,3)4/h5-7H,1-4H3. The van der Waals surface area contributed by atoms with E-state index in [1.165, 1.54) is 6.07 Å². The van der Waals surface area contributed by atoms with Gasteiger partial charge in [-0.05, 0) is 13.0 Å². The predicted octanol–water partition coefficient (Wildman–Crippen LogP) is 3.56. The van der Waals surface area contributed by atoms with Gasteiger partial charge in [-0.3, -0.25) is 0 Å². The van der Waals surface area contributed by atoms with Crippen LogP contribution >= 0.6 is 0 Å². The van der Waals surface area contributed by atoms with E-state index in [9.17, 15) is 13.2 Å². The van der Waals surface area contributed by atoms with Gasteiger partial charge >= 0.3 is 6.18 Å². The Morgan fingerprint density at radius 1 is 1.07 bits per heavy atom. The summed E-state index contributed by atoms with van der Waals surface area (Å²) in [5.74, 6) is 0. The van der Waals surface area contributed by atoms with Gasteiger partial charge in [-0.1, -0.05) is 42.5 Å². The van der Waals surface area contributed by atoms with Gasteiger partial charge in [0, 0.05) is 0 Å². The lowest BCUT2D eigenvalue weighted by Crippen LogP contribution is -2.40. The summed E-state index contributed by atoms with van der Waals surface area (Å²) in [5.41, 5.74) is 0.424. The van der Waals surface area contributed by atoms with Crippen LogP contribution in [0.4, 0.5) is 13.2 Å². The van der Waals surface area contributed by atoms with Gasteiger partial charge in [0.1, 0.15) is 0 Å². The molecule has 1 aromatic rings. The Hall–Kier alpha value is -0.773. The molecule has 1 aromatic carbocycles. The molecule has 0 heterocycles. The fraction of sp³-hybridized carbons (Fsp3) is 0.455. The number of alkyl halides is 3. The Labute approximate surface area is 89.1 Å². The molecular weight excluding hydrogens is 217 g/mol. The molecule has 0 unspecified atom stereocenters. The average Bonchev–Trinajstić information content (AvgIpc) is 2.00. The number of benzene rings is 1. The molecule has 0 bridgehead atoms. The van der Waals surface area contributed by atoms with Crippen molar-refractivity contribution in [2.24, 2.45) is 0 Å². The van der Waals surface area contributed by atoms with Gasteiger partial charge in [-0.15, -0.1) is 0 Å². The highest BCUT2D eigenvalue weighted by Gasteiger charge is 2.32. The summed E-state index contributed by atoms with van der Waals surface area (Å²) in [6.07, 6.45) is -4.23. The molecule has 4 heteroatoms. The second kappa shape index (κ2) is 3.67. The molecule has 0 N–H and O–H groups in total. The fourth-order valence-corrected chi connectivity index (χ4v) is 3.46. The minimum absolute atomic E-state index is 0.537. The van der Waals surface area contributed by atoms with Crippen LogP contribution in [0, 0.1) is 6.92 Å². The highest BCUT2D eigenvalue weighted by molar-refractivity contribution is 6.89. The maximum atomic E-state index is 12.5. The summed E-state index contributed by atoms with van der Waals surface area (Å²) in [5, 5.41) is 0.886. The Kier molecular flexibility index (Phi) is 3.00. The molecule has 0 spiro atoms. The van der Waals surface area contributed by atoms with Crippen molar-refractivity contribution in [2.45, 2.75) is 32.7 Å². The summed E-state index contributed by atoms with van der Waals surface area (Å²) in [6, 6.07) is 4.02. The maximum Gasteiger partial charge on any atom is 0.416 e. The lowest BCUT2D eigenvalue weighted by atomic mass is 10.1. The Bertz CT molecular complexity index is 361. The zero-order chi connectivity index (χ0) is 11.9. The van der Waals surface area contributed by atoms with Crippen LogP contribution in [0.1, 0.15) is 11.1 Å². The van der Waals surface area contributed by atoms with Crippen molar-refractivity contribution in [3.05, 3.63) is 29.3 Å². The molecule has 84 valence electrons. The summed E-state index contributed by atoms with van der Waals surface area (Å²) in [4.78, 5) is 0. The van der Waals surface area contributed by atoms with E-state index in [0.717, 1.165) is 16.8 Å². The quantitative estimate of drug-likeness (QED) is 0.649. The largest absolute Gasteiger partial charge is 0.416 e. The molecule has 0 aliphatic rings. The lowest BCUT2D eigenvalue weighted by Gasteiger charge is -2.21. The van der Waals surface area contributed by atoms with Crippen LogP contribution in [0.15, 0.2) is 18.2 Å². The smallest absolute Gasteiger partial charge is 0.166 e. The van der Waals surface area contributed by atoms with E-state index in [2.05, 4.69) is 19.6 Å². The van der Waals surface area contributed by atoms with E-state index in [4.69, 9.17) is 0 Å². The fourth-order valence-electron chi connectivity index (χ4n) is 1.61. The molecule has 0 saturated carbocycles. The van der Waals surface area contributed by atoms with Crippen LogP contribution in [-0.2, 0) is 6.18 Å². The number of hydrogen-bond donors (Lipinski definition) is 0. The summed E-state index contributed by atoms with van der Waals surface area (Å²) >= 11 is 0. The van der Waals surface area contributed by atoms with Crippen LogP contribution in [0.25, 0.3) is 0 Å². The Morgan fingerprint density at radius 3 is 2.00 bits per heavy atom. The normalized spacial score (nSPS) is 13.0. The maximum absolute atomic E-state index is 12.5. The van der Waals surface area contributed by atoms with E-state index in [1.54, 1.807) is 6.07 Å². The first-order chi connectivity index (χ1) is 6.62. The first kappa shape index (κ1) is 12.3. The van der Waals surface area contributed by atoms with Crippen LogP contribution < -0.4 is 5.19 Å². The molecule has 0 atom stereocenters. The number of halogens is 3. The molecule has 0 aromatic heterocycles. The molecular formula is C11H15F3Si. The van der Waals surface area contributed by atoms with Crippen molar-refractivity contribution in [2.75, 3.05) is 0 Å². The summed E-state index contributed by atoms with van der Waals surface area (Å²) in [7, 11) is -1.69. The van der Waals surface area contributed by atoms with Crippen molar-refractivity contribution in [1.82, 2.24) is 0 Å². The molecule has 15 heavy (non-hydrogen) atoms. The van der Waals surface area contributed by atoms with Gasteiger partial charge in [0.25, 0.3) is 0 Å². The average molecular weight is 232 g/mol. The van der Waals surface area contributed by atoms with Crippen molar-refractivity contribution in [3.63, 3.8) is 0 Å². The number of aryl methyl sites for hydroxylation is 1. The molecule has 0 fully saturated rings. The number of rotatable bonds is 1. The van der Waals surface area contributed by atoms with Gasteiger partial charge < -0.3 is 0 Å². The van der Waals surface area contributed by atoms with Crippen LogP contribution in [0.3, 0.4) is 0 Å². The lowest BCUT2D eigenvalue weighted by molar-refractivity contribution is -0.137. The monoisotopic (exact) mass is 232 g/mol. The first-order valence-electron chi connectivity index (χ1n) is 4.80. The highest BCUT2D eigenvalue weighted by atomic mass is 28.3. The third-order valence-electron chi connectivity index (χ3n) is 2.37. The zero-order valence-electron chi connectivity index (χ0n) is 9.37. The van der Waals surface area contributed by atoms with Gasteiger partial charge in [0.05, 0.1) is 13.6 Å². The molecule has 0 nitrogen and oxygen atoms in total. The second-order valence-corrected chi connectivity index (χ2v) is 9.82. The van der Waals surface area contributed by atoms with Crippen molar-refractivity contribution >= 4 is 13.3 Å². The minimum atomic E-state index is -4.23. The van der Waals surface area contributed by atoms with Gasteiger partial charge in [-0.2, -0.15) is 13.2 Å². The third kappa shape index (κ3) is 2.84. The Balaban J connectivity index is 3.30. The number of hydrogen-bond acceptors (Lipinski definition) is 0. The van der Waals surface area contributed by atoms with Gasteiger partial charge in [0.15, 0.2) is 0 Å².